The Balaban J connectivity index is 1.64. The summed E-state index contributed by atoms with van der Waals surface area (Å²) in [6.45, 7) is 5.39. The van der Waals surface area contributed by atoms with Crippen LogP contribution >= 0.6 is 11.3 Å². The second-order valence-electron chi connectivity index (χ2n) is 7.09. The van der Waals surface area contributed by atoms with Crippen molar-refractivity contribution in [2.24, 2.45) is 0 Å². The summed E-state index contributed by atoms with van der Waals surface area (Å²) in [6.07, 6.45) is 2.68. The van der Waals surface area contributed by atoms with Crippen molar-refractivity contribution in [3.63, 3.8) is 0 Å². The molecule has 1 fully saturated rings. The Morgan fingerprint density at radius 3 is 2.92 bits per heavy atom. The molecule has 0 amide bonds. The zero-order valence-corrected chi connectivity index (χ0v) is 15.6. The van der Waals surface area contributed by atoms with Crippen LogP contribution in [0.2, 0.25) is 0 Å². The predicted octanol–water partition coefficient (Wildman–Crippen LogP) is 2.99. The van der Waals surface area contributed by atoms with E-state index < -0.39 is 5.60 Å². The Labute approximate surface area is 147 Å². The molecule has 0 bridgehead atoms. The van der Waals surface area contributed by atoms with Crippen LogP contribution < -0.4 is 0 Å². The average Bonchev–Trinajstić information content (AvgIpc) is 3.10. The molecular formula is C18H27N3O2S. The number of aromatic nitrogens is 1. The summed E-state index contributed by atoms with van der Waals surface area (Å²) in [4.78, 5) is 10.2. The number of oxazole rings is 1. The summed E-state index contributed by atoms with van der Waals surface area (Å²) >= 11 is 1.65. The minimum atomic E-state index is -0.570. The molecule has 0 radical (unpaired) electrons. The third kappa shape index (κ3) is 4.25. The van der Waals surface area contributed by atoms with Crippen LogP contribution in [0.5, 0.6) is 0 Å². The smallest absolute Gasteiger partial charge is 0.236 e. The standard InChI is InChI=1S/C18H27N3O2S/c1-14-15(19-17(23-14)16-6-4-11-24-16)12-21-9-5-7-18(22,8-10-21)13-20(2)3/h4,6,11,22H,5,7-10,12-13H2,1-3H3. The SMILES string of the molecule is Cc1oc(-c2cccs2)nc1CN1CCCC(O)(CN(C)C)CC1. The maximum Gasteiger partial charge on any atom is 0.236 e. The van der Waals surface area contributed by atoms with Crippen LogP contribution in [0.25, 0.3) is 10.8 Å². The van der Waals surface area contributed by atoms with E-state index in [1.807, 2.05) is 38.5 Å². The van der Waals surface area contributed by atoms with Gasteiger partial charge >= 0.3 is 0 Å². The van der Waals surface area contributed by atoms with Gasteiger partial charge in [-0.3, -0.25) is 4.90 Å². The Morgan fingerprint density at radius 1 is 1.38 bits per heavy atom. The van der Waals surface area contributed by atoms with Crippen LogP contribution in [0.4, 0.5) is 0 Å². The van der Waals surface area contributed by atoms with E-state index in [2.05, 4.69) is 9.80 Å². The van der Waals surface area contributed by atoms with E-state index in [-0.39, 0.29) is 0 Å². The maximum atomic E-state index is 10.8. The van der Waals surface area contributed by atoms with Gasteiger partial charge in [-0.05, 0) is 58.3 Å². The van der Waals surface area contributed by atoms with Gasteiger partial charge in [0.15, 0.2) is 0 Å². The van der Waals surface area contributed by atoms with E-state index in [0.717, 1.165) is 67.7 Å². The zero-order chi connectivity index (χ0) is 17.2. The molecule has 0 aromatic carbocycles. The maximum absolute atomic E-state index is 10.8. The molecule has 3 heterocycles. The molecule has 2 aromatic heterocycles. The monoisotopic (exact) mass is 349 g/mol. The topological polar surface area (TPSA) is 52.7 Å². The third-order valence-corrected chi connectivity index (χ3v) is 5.48. The van der Waals surface area contributed by atoms with Gasteiger partial charge in [-0.15, -0.1) is 11.3 Å². The summed E-state index contributed by atoms with van der Waals surface area (Å²) in [6, 6.07) is 4.05. The number of likely N-dealkylation sites (tertiary alicyclic amines) is 1. The van der Waals surface area contributed by atoms with E-state index >= 15 is 0 Å². The molecule has 0 spiro atoms. The normalized spacial score (nSPS) is 22.9. The number of aryl methyl sites for hydroxylation is 1. The summed E-state index contributed by atoms with van der Waals surface area (Å²) in [5, 5.41) is 12.8. The number of likely N-dealkylation sites (N-methyl/N-ethyl adjacent to an activating group) is 1. The lowest BCUT2D eigenvalue weighted by Crippen LogP contribution is -2.40. The fourth-order valence-corrected chi connectivity index (χ4v) is 4.08. The number of rotatable bonds is 5. The van der Waals surface area contributed by atoms with Gasteiger partial charge in [0, 0.05) is 19.6 Å². The van der Waals surface area contributed by atoms with Crippen LogP contribution in [0, 0.1) is 6.92 Å². The first-order valence-electron chi connectivity index (χ1n) is 8.55. The second-order valence-corrected chi connectivity index (χ2v) is 8.04. The van der Waals surface area contributed by atoms with Crippen molar-refractivity contribution >= 4 is 11.3 Å². The molecule has 1 aliphatic heterocycles. The van der Waals surface area contributed by atoms with Gasteiger partial charge in [0.25, 0.3) is 0 Å². The molecule has 5 nitrogen and oxygen atoms in total. The number of nitrogens with zero attached hydrogens (tertiary/aromatic N) is 3. The Kier molecular flexibility index (Phi) is 5.39. The van der Waals surface area contributed by atoms with Crippen LogP contribution in [0.1, 0.15) is 30.7 Å². The Bertz CT molecular complexity index is 653. The molecule has 6 heteroatoms. The van der Waals surface area contributed by atoms with E-state index in [4.69, 9.17) is 9.40 Å². The fourth-order valence-electron chi connectivity index (χ4n) is 3.43. The van der Waals surface area contributed by atoms with Crippen molar-refractivity contribution in [2.75, 3.05) is 33.7 Å². The fraction of sp³-hybridized carbons (Fsp3) is 0.611. The lowest BCUT2D eigenvalue weighted by molar-refractivity contribution is 0.00255. The molecule has 1 aliphatic rings. The van der Waals surface area contributed by atoms with Crippen LogP contribution in [-0.2, 0) is 6.54 Å². The van der Waals surface area contributed by atoms with Gasteiger partial charge in [-0.1, -0.05) is 6.07 Å². The molecule has 1 saturated heterocycles. The molecule has 0 saturated carbocycles. The summed E-state index contributed by atoms with van der Waals surface area (Å²) in [7, 11) is 4.04. The summed E-state index contributed by atoms with van der Waals surface area (Å²) in [5.74, 6) is 1.61. The highest BCUT2D eigenvalue weighted by molar-refractivity contribution is 7.13. The van der Waals surface area contributed by atoms with Crippen molar-refractivity contribution in [3.05, 3.63) is 29.0 Å². The van der Waals surface area contributed by atoms with Gasteiger partial charge in [0.2, 0.25) is 5.89 Å². The summed E-state index contributed by atoms with van der Waals surface area (Å²) < 4.78 is 5.84. The molecule has 3 rings (SSSR count). The van der Waals surface area contributed by atoms with Crippen molar-refractivity contribution in [1.82, 2.24) is 14.8 Å². The molecule has 1 unspecified atom stereocenters. The van der Waals surface area contributed by atoms with E-state index in [9.17, 15) is 5.11 Å². The minimum absolute atomic E-state index is 0.570. The van der Waals surface area contributed by atoms with Crippen molar-refractivity contribution in [2.45, 2.75) is 38.3 Å². The first kappa shape index (κ1) is 17.6. The summed E-state index contributed by atoms with van der Waals surface area (Å²) in [5.41, 5.74) is 0.440. The van der Waals surface area contributed by atoms with Gasteiger partial charge in [-0.2, -0.15) is 0 Å². The highest BCUT2D eigenvalue weighted by atomic mass is 32.1. The lowest BCUT2D eigenvalue weighted by Gasteiger charge is -2.30. The lowest BCUT2D eigenvalue weighted by atomic mass is 9.94. The molecule has 1 N–H and O–H groups in total. The number of thiophene rings is 1. The third-order valence-electron chi connectivity index (χ3n) is 4.62. The van der Waals surface area contributed by atoms with Crippen LogP contribution in [0.3, 0.4) is 0 Å². The average molecular weight is 350 g/mol. The highest BCUT2D eigenvalue weighted by Gasteiger charge is 2.31. The molecule has 1 atom stereocenters. The van der Waals surface area contributed by atoms with Gasteiger partial charge in [0.1, 0.15) is 5.76 Å². The van der Waals surface area contributed by atoms with E-state index in [1.54, 1.807) is 11.3 Å². The van der Waals surface area contributed by atoms with E-state index in [0.29, 0.717) is 0 Å². The first-order chi connectivity index (χ1) is 11.5. The molecule has 2 aromatic rings. The van der Waals surface area contributed by atoms with Gasteiger partial charge in [0.05, 0.1) is 16.2 Å². The van der Waals surface area contributed by atoms with E-state index in [1.165, 1.54) is 0 Å². The second kappa shape index (κ2) is 7.35. The largest absolute Gasteiger partial charge is 0.440 e. The number of hydrogen-bond acceptors (Lipinski definition) is 6. The number of aliphatic hydroxyl groups is 1. The van der Waals surface area contributed by atoms with Gasteiger partial charge < -0.3 is 14.4 Å². The minimum Gasteiger partial charge on any atom is -0.440 e. The molecule has 132 valence electrons. The van der Waals surface area contributed by atoms with Crippen LogP contribution in [0.15, 0.2) is 21.9 Å². The zero-order valence-electron chi connectivity index (χ0n) is 14.8. The predicted molar refractivity (Wildman–Crippen MR) is 97.2 cm³/mol. The van der Waals surface area contributed by atoms with Gasteiger partial charge in [-0.25, -0.2) is 4.98 Å². The van der Waals surface area contributed by atoms with Crippen LogP contribution in [-0.4, -0.2) is 59.2 Å². The Hall–Kier alpha value is -1.21. The highest BCUT2D eigenvalue weighted by Crippen LogP contribution is 2.28. The van der Waals surface area contributed by atoms with Crippen molar-refractivity contribution in [1.29, 1.82) is 0 Å². The first-order valence-corrected chi connectivity index (χ1v) is 9.43. The quantitative estimate of drug-likeness (QED) is 0.899. The molecule has 0 aliphatic carbocycles. The molecule has 24 heavy (non-hydrogen) atoms. The Morgan fingerprint density at radius 2 is 2.21 bits per heavy atom. The number of hydrogen-bond donors (Lipinski definition) is 1. The molecular weight excluding hydrogens is 322 g/mol. The van der Waals surface area contributed by atoms with Crippen molar-refractivity contribution in [3.8, 4) is 10.8 Å². The van der Waals surface area contributed by atoms with Crippen molar-refractivity contribution < 1.29 is 9.52 Å².